The lowest BCUT2D eigenvalue weighted by molar-refractivity contribution is 0.0103. The van der Waals surface area contributed by atoms with Gasteiger partial charge in [0.1, 0.15) is 5.82 Å². The van der Waals surface area contributed by atoms with Gasteiger partial charge in [-0.05, 0) is 50.7 Å². The quantitative estimate of drug-likeness (QED) is 0.712. The number of ether oxygens (including phenoxy) is 1. The van der Waals surface area contributed by atoms with Crippen molar-refractivity contribution in [3.05, 3.63) is 29.6 Å². The summed E-state index contributed by atoms with van der Waals surface area (Å²) in [5, 5.41) is 5.73. The zero-order valence-electron chi connectivity index (χ0n) is 14.2. The van der Waals surface area contributed by atoms with Crippen molar-refractivity contribution in [1.82, 2.24) is 20.6 Å². The number of rotatable bonds is 6. The van der Waals surface area contributed by atoms with Crippen molar-refractivity contribution in [3.63, 3.8) is 0 Å². The summed E-state index contributed by atoms with van der Waals surface area (Å²) in [6.45, 7) is 3.98. The number of hydrogen-bond acceptors (Lipinski definition) is 3. The molecule has 1 atom stereocenters. The molecular weight excluding hydrogens is 304 g/mol. The molecule has 2 heterocycles. The molecule has 0 aliphatic carbocycles. The number of fused-ring (bicyclic) bond motifs is 1. The van der Waals surface area contributed by atoms with Gasteiger partial charge in [0.2, 0.25) is 0 Å². The number of imidazole rings is 1. The predicted octanol–water partition coefficient (Wildman–Crippen LogP) is 3.02. The Morgan fingerprint density at radius 2 is 2.29 bits per heavy atom. The topological polar surface area (TPSA) is 79.0 Å². The van der Waals surface area contributed by atoms with Crippen LogP contribution < -0.4 is 10.6 Å². The van der Waals surface area contributed by atoms with Gasteiger partial charge in [-0.2, -0.15) is 0 Å². The molecule has 6 nitrogen and oxygen atoms in total. The van der Waals surface area contributed by atoms with Crippen LogP contribution in [0.5, 0.6) is 0 Å². The van der Waals surface area contributed by atoms with Gasteiger partial charge in [0.15, 0.2) is 0 Å². The van der Waals surface area contributed by atoms with Gasteiger partial charge in [-0.3, -0.25) is 0 Å². The van der Waals surface area contributed by atoms with Crippen LogP contribution in [0.15, 0.2) is 18.2 Å². The molecule has 24 heavy (non-hydrogen) atoms. The van der Waals surface area contributed by atoms with Crippen molar-refractivity contribution >= 4 is 17.1 Å². The molecule has 1 unspecified atom stereocenters. The fourth-order valence-electron chi connectivity index (χ4n) is 3.10. The van der Waals surface area contributed by atoms with Crippen LogP contribution in [0, 0.1) is 6.92 Å². The summed E-state index contributed by atoms with van der Waals surface area (Å²) in [4.78, 5) is 19.6. The molecule has 1 aliphatic rings. The fraction of sp³-hybridized carbons (Fsp3) is 0.556. The van der Waals surface area contributed by atoms with E-state index in [1.807, 2.05) is 25.1 Å². The van der Waals surface area contributed by atoms with E-state index in [0.29, 0.717) is 19.2 Å². The van der Waals surface area contributed by atoms with Crippen molar-refractivity contribution in [1.29, 1.82) is 0 Å². The van der Waals surface area contributed by atoms with Crippen molar-refractivity contribution < 1.29 is 9.53 Å². The Hall–Kier alpha value is -2.08. The number of aromatic nitrogens is 2. The van der Waals surface area contributed by atoms with Gasteiger partial charge in [-0.25, -0.2) is 9.78 Å². The average molecular weight is 330 g/mol. The van der Waals surface area contributed by atoms with Crippen LogP contribution in [-0.2, 0) is 11.3 Å². The summed E-state index contributed by atoms with van der Waals surface area (Å²) >= 11 is 0. The first-order valence-electron chi connectivity index (χ1n) is 8.80. The van der Waals surface area contributed by atoms with E-state index in [-0.39, 0.29) is 6.03 Å². The normalized spacial score (nSPS) is 17.8. The maximum absolute atomic E-state index is 11.9. The summed E-state index contributed by atoms with van der Waals surface area (Å²) in [6, 6.07) is 5.86. The third-order valence-electron chi connectivity index (χ3n) is 4.44. The molecule has 1 aromatic carbocycles. The van der Waals surface area contributed by atoms with Crippen LogP contribution in [0.2, 0.25) is 0 Å². The Morgan fingerprint density at radius 3 is 3.08 bits per heavy atom. The van der Waals surface area contributed by atoms with E-state index < -0.39 is 0 Å². The van der Waals surface area contributed by atoms with Crippen LogP contribution in [0.25, 0.3) is 11.0 Å². The van der Waals surface area contributed by atoms with Crippen LogP contribution in [0.1, 0.15) is 43.5 Å². The number of hydrogen-bond donors (Lipinski definition) is 3. The third-order valence-corrected chi connectivity index (χ3v) is 4.44. The molecule has 1 aromatic heterocycles. The van der Waals surface area contributed by atoms with Crippen LogP contribution in [0.3, 0.4) is 0 Å². The highest BCUT2D eigenvalue weighted by Gasteiger charge is 2.13. The molecule has 130 valence electrons. The lowest BCUT2D eigenvalue weighted by Gasteiger charge is -2.22. The minimum absolute atomic E-state index is 0.156. The standard InChI is InChI=1S/C18H26N4O2/c1-13-6-4-9-15-17(13)22-16(21-15)12-20-18(23)19-10-5-8-14-7-2-3-11-24-14/h4,6,9,14H,2-3,5,7-8,10-12H2,1H3,(H,21,22)(H2,19,20,23). The molecule has 1 saturated heterocycles. The highest BCUT2D eigenvalue weighted by molar-refractivity contribution is 5.78. The van der Waals surface area contributed by atoms with E-state index in [9.17, 15) is 4.79 Å². The van der Waals surface area contributed by atoms with E-state index in [1.165, 1.54) is 12.8 Å². The van der Waals surface area contributed by atoms with Crippen molar-refractivity contribution in [2.45, 2.75) is 51.7 Å². The second-order valence-electron chi connectivity index (χ2n) is 6.39. The molecule has 3 N–H and O–H groups in total. The second-order valence-corrected chi connectivity index (χ2v) is 6.39. The van der Waals surface area contributed by atoms with E-state index in [4.69, 9.17) is 4.74 Å². The molecule has 6 heteroatoms. The zero-order valence-corrected chi connectivity index (χ0v) is 14.2. The van der Waals surface area contributed by atoms with Crippen LogP contribution in [-0.4, -0.2) is 35.3 Å². The maximum atomic E-state index is 11.9. The number of carbonyl (C=O) groups excluding carboxylic acids is 1. The number of aromatic amines is 1. The zero-order chi connectivity index (χ0) is 16.8. The number of nitrogens with one attached hydrogen (secondary N) is 3. The van der Waals surface area contributed by atoms with Crippen molar-refractivity contribution in [3.8, 4) is 0 Å². The molecule has 2 aromatic rings. The van der Waals surface area contributed by atoms with Gasteiger partial charge >= 0.3 is 6.03 Å². The Balaban J connectivity index is 1.36. The van der Waals surface area contributed by atoms with E-state index >= 15 is 0 Å². The number of carbonyl (C=O) groups is 1. The number of H-pyrrole nitrogens is 1. The first-order valence-corrected chi connectivity index (χ1v) is 8.80. The molecule has 1 fully saturated rings. The Morgan fingerprint density at radius 1 is 1.38 bits per heavy atom. The summed E-state index contributed by atoms with van der Waals surface area (Å²) in [6.07, 6.45) is 5.93. The minimum atomic E-state index is -0.156. The highest BCUT2D eigenvalue weighted by atomic mass is 16.5. The van der Waals surface area contributed by atoms with Gasteiger partial charge in [-0.1, -0.05) is 12.1 Å². The van der Waals surface area contributed by atoms with Gasteiger partial charge in [0.25, 0.3) is 0 Å². The largest absolute Gasteiger partial charge is 0.378 e. The number of urea groups is 1. The molecule has 0 bridgehead atoms. The summed E-state index contributed by atoms with van der Waals surface area (Å²) in [5.74, 6) is 0.769. The fourth-order valence-corrected chi connectivity index (χ4v) is 3.10. The highest BCUT2D eigenvalue weighted by Crippen LogP contribution is 2.16. The smallest absolute Gasteiger partial charge is 0.315 e. The van der Waals surface area contributed by atoms with Crippen molar-refractivity contribution in [2.24, 2.45) is 0 Å². The van der Waals surface area contributed by atoms with Gasteiger partial charge in [0.05, 0.1) is 23.7 Å². The summed E-state index contributed by atoms with van der Waals surface area (Å²) in [7, 11) is 0. The molecule has 0 radical (unpaired) electrons. The van der Waals surface area contributed by atoms with Gasteiger partial charge < -0.3 is 20.4 Å². The van der Waals surface area contributed by atoms with E-state index in [2.05, 4.69) is 20.6 Å². The number of aryl methyl sites for hydroxylation is 1. The van der Waals surface area contributed by atoms with Crippen LogP contribution in [0.4, 0.5) is 4.79 Å². The SMILES string of the molecule is Cc1cccc2[nH]c(CNC(=O)NCCCC3CCCCO3)nc12. The monoisotopic (exact) mass is 330 g/mol. The number of benzene rings is 1. The number of amides is 2. The second kappa shape index (κ2) is 8.15. The van der Waals surface area contributed by atoms with Gasteiger partial charge in [-0.15, -0.1) is 0 Å². The van der Waals surface area contributed by atoms with E-state index in [1.54, 1.807) is 0 Å². The summed E-state index contributed by atoms with van der Waals surface area (Å²) in [5.41, 5.74) is 3.09. The average Bonchev–Trinajstić information content (AvgIpc) is 3.02. The minimum Gasteiger partial charge on any atom is -0.378 e. The Labute approximate surface area is 142 Å². The lowest BCUT2D eigenvalue weighted by Crippen LogP contribution is -2.36. The van der Waals surface area contributed by atoms with Crippen molar-refractivity contribution in [2.75, 3.05) is 13.2 Å². The van der Waals surface area contributed by atoms with Crippen LogP contribution >= 0.6 is 0 Å². The molecule has 0 spiro atoms. The third kappa shape index (κ3) is 4.47. The Bertz CT molecular complexity index is 677. The van der Waals surface area contributed by atoms with Gasteiger partial charge in [0, 0.05) is 13.2 Å². The Kier molecular flexibility index (Phi) is 5.69. The lowest BCUT2D eigenvalue weighted by atomic mass is 10.0. The molecule has 2 amide bonds. The molecule has 3 rings (SSSR count). The first kappa shape index (κ1) is 16.8. The van der Waals surface area contributed by atoms with E-state index in [0.717, 1.165) is 48.3 Å². The summed E-state index contributed by atoms with van der Waals surface area (Å²) < 4.78 is 5.69. The first-order chi connectivity index (χ1) is 11.7. The molecule has 0 saturated carbocycles. The number of para-hydroxylation sites is 1. The predicted molar refractivity (Wildman–Crippen MR) is 93.9 cm³/mol. The number of nitrogens with zero attached hydrogens (tertiary/aromatic N) is 1. The molecular formula is C18H26N4O2. The maximum Gasteiger partial charge on any atom is 0.315 e. The molecule has 1 aliphatic heterocycles.